The van der Waals surface area contributed by atoms with Gasteiger partial charge in [0.2, 0.25) is 11.5 Å². The smallest absolute Gasteiger partial charge is 0.262 e. The van der Waals surface area contributed by atoms with E-state index < -0.39 is 24.2 Å². The maximum atomic E-state index is 12.7. The number of rotatable bonds is 6. The number of carbonyl (C=O) groups is 1. The topological polar surface area (TPSA) is 117 Å². The average molecular weight is 412 g/mol. The molecule has 0 unspecified atom stereocenters. The van der Waals surface area contributed by atoms with Crippen LogP contribution < -0.4 is 5.32 Å². The van der Waals surface area contributed by atoms with E-state index in [0.717, 1.165) is 0 Å². The summed E-state index contributed by atoms with van der Waals surface area (Å²) in [6.07, 6.45) is 1.80. The Morgan fingerprint density at radius 2 is 2.00 bits per heavy atom. The standard InChI is InChI=1S/C20H21FN6O3/c1-12(11-21)23-19-22-8-6-15(25-19)13-4-3-5-14(24-13)16-10-17(30-26-16)20(29)7-9-27(2)18(20)28/h3-6,8,10,12,29H,7,9,11H2,1-2H3,(H,22,23,25)/t12-,20+/m0/s1. The van der Waals surface area contributed by atoms with E-state index in [4.69, 9.17) is 4.52 Å². The Kier molecular flexibility index (Phi) is 5.17. The molecule has 1 amide bonds. The van der Waals surface area contributed by atoms with Gasteiger partial charge in [-0.15, -0.1) is 0 Å². The van der Waals surface area contributed by atoms with Crippen molar-refractivity contribution >= 4 is 11.9 Å². The van der Waals surface area contributed by atoms with Crippen LogP contribution in [0.5, 0.6) is 0 Å². The molecule has 0 radical (unpaired) electrons. The lowest BCUT2D eigenvalue weighted by Crippen LogP contribution is -2.35. The number of alkyl halides is 1. The molecular formula is C20H21FN6O3. The molecule has 30 heavy (non-hydrogen) atoms. The number of carbonyl (C=O) groups excluding carboxylic acids is 1. The van der Waals surface area contributed by atoms with E-state index in [1.807, 2.05) is 0 Å². The molecule has 1 fully saturated rings. The van der Waals surface area contributed by atoms with Gasteiger partial charge in [-0.3, -0.25) is 4.79 Å². The van der Waals surface area contributed by atoms with Crippen molar-refractivity contribution < 1.29 is 18.8 Å². The number of likely N-dealkylation sites (N-methyl/N-ethyl adjacent to an activating group) is 1. The molecule has 2 atom stereocenters. The van der Waals surface area contributed by atoms with Crippen LogP contribution in [0.15, 0.2) is 41.1 Å². The van der Waals surface area contributed by atoms with Crippen molar-refractivity contribution in [3.63, 3.8) is 0 Å². The van der Waals surface area contributed by atoms with Crippen molar-refractivity contribution in [1.82, 2.24) is 25.0 Å². The zero-order chi connectivity index (χ0) is 21.3. The number of halogens is 1. The van der Waals surface area contributed by atoms with Gasteiger partial charge in [-0.05, 0) is 25.1 Å². The summed E-state index contributed by atoms with van der Waals surface area (Å²) in [4.78, 5) is 26.8. The van der Waals surface area contributed by atoms with Crippen LogP contribution in [0.2, 0.25) is 0 Å². The number of hydrogen-bond acceptors (Lipinski definition) is 8. The van der Waals surface area contributed by atoms with Crippen LogP contribution in [0, 0.1) is 0 Å². The van der Waals surface area contributed by atoms with Crippen LogP contribution in [-0.2, 0) is 10.4 Å². The second kappa shape index (κ2) is 7.79. The Balaban J connectivity index is 1.62. The highest BCUT2D eigenvalue weighted by molar-refractivity contribution is 5.87. The number of nitrogens with zero attached hydrogens (tertiary/aromatic N) is 5. The molecule has 0 saturated carbocycles. The van der Waals surface area contributed by atoms with Gasteiger partial charge in [0, 0.05) is 32.3 Å². The number of aliphatic hydroxyl groups is 1. The summed E-state index contributed by atoms with van der Waals surface area (Å²) in [5.74, 6) is -0.0251. The Labute approximate surface area is 172 Å². The SMILES string of the molecule is C[C@@H](CF)Nc1nccc(-c2cccc(-c3cc([C@]4(O)CCN(C)C4=O)on3)n2)n1. The molecule has 1 aliphatic rings. The third-order valence-corrected chi connectivity index (χ3v) is 4.96. The fourth-order valence-electron chi connectivity index (χ4n) is 3.22. The normalized spacial score (nSPS) is 19.9. The fraction of sp³-hybridized carbons (Fsp3) is 0.350. The number of anilines is 1. The van der Waals surface area contributed by atoms with Gasteiger partial charge in [0.05, 0.1) is 23.1 Å². The van der Waals surface area contributed by atoms with E-state index in [1.165, 1.54) is 11.0 Å². The second-order valence-electron chi connectivity index (χ2n) is 7.29. The minimum Gasteiger partial charge on any atom is -0.373 e. The zero-order valence-electron chi connectivity index (χ0n) is 16.5. The summed E-state index contributed by atoms with van der Waals surface area (Å²) < 4.78 is 18.0. The number of pyridine rings is 1. The Hall–Kier alpha value is -3.40. The molecule has 1 aliphatic heterocycles. The van der Waals surface area contributed by atoms with Gasteiger partial charge in [0.25, 0.3) is 5.91 Å². The molecule has 0 bridgehead atoms. The highest BCUT2D eigenvalue weighted by Crippen LogP contribution is 2.34. The van der Waals surface area contributed by atoms with E-state index >= 15 is 0 Å². The molecule has 0 aromatic carbocycles. The van der Waals surface area contributed by atoms with E-state index in [2.05, 4.69) is 25.4 Å². The molecule has 2 N–H and O–H groups in total. The lowest BCUT2D eigenvalue weighted by atomic mass is 9.98. The number of aromatic nitrogens is 4. The van der Waals surface area contributed by atoms with E-state index in [9.17, 15) is 14.3 Å². The molecule has 156 valence electrons. The van der Waals surface area contributed by atoms with Crippen molar-refractivity contribution in [3.8, 4) is 22.8 Å². The third-order valence-electron chi connectivity index (χ3n) is 4.96. The number of amides is 1. The quantitative estimate of drug-likeness (QED) is 0.631. The van der Waals surface area contributed by atoms with Gasteiger partial charge in [-0.2, -0.15) is 0 Å². The van der Waals surface area contributed by atoms with Crippen molar-refractivity contribution in [2.45, 2.75) is 25.0 Å². The summed E-state index contributed by atoms with van der Waals surface area (Å²) >= 11 is 0. The first-order chi connectivity index (χ1) is 14.4. The maximum absolute atomic E-state index is 12.7. The summed E-state index contributed by atoms with van der Waals surface area (Å²) in [7, 11) is 1.63. The lowest BCUT2D eigenvalue weighted by Gasteiger charge is -2.16. The lowest BCUT2D eigenvalue weighted by molar-refractivity contribution is -0.144. The molecule has 3 aromatic rings. The highest BCUT2D eigenvalue weighted by Gasteiger charge is 2.48. The van der Waals surface area contributed by atoms with Gasteiger partial charge < -0.3 is 19.8 Å². The Morgan fingerprint density at radius 3 is 2.70 bits per heavy atom. The van der Waals surface area contributed by atoms with Gasteiger partial charge >= 0.3 is 0 Å². The van der Waals surface area contributed by atoms with Crippen LogP contribution in [0.4, 0.5) is 10.3 Å². The predicted octanol–water partition coefficient (Wildman–Crippen LogP) is 2.01. The van der Waals surface area contributed by atoms with Crippen molar-refractivity contribution in [2.75, 3.05) is 25.6 Å². The average Bonchev–Trinajstić information content (AvgIpc) is 3.36. The van der Waals surface area contributed by atoms with Crippen molar-refractivity contribution in [1.29, 1.82) is 0 Å². The Bertz CT molecular complexity index is 1070. The van der Waals surface area contributed by atoms with Gasteiger partial charge in [0.15, 0.2) is 5.76 Å². The third kappa shape index (κ3) is 3.61. The molecule has 10 heteroatoms. The first kappa shape index (κ1) is 19.9. The first-order valence-corrected chi connectivity index (χ1v) is 9.49. The van der Waals surface area contributed by atoms with Crippen molar-refractivity contribution in [3.05, 3.63) is 42.3 Å². The van der Waals surface area contributed by atoms with Gasteiger partial charge in [0.1, 0.15) is 12.4 Å². The number of likely N-dealkylation sites (tertiary alicyclic amines) is 1. The molecule has 3 aromatic heterocycles. The van der Waals surface area contributed by atoms with E-state index in [1.54, 1.807) is 44.4 Å². The largest absolute Gasteiger partial charge is 0.373 e. The summed E-state index contributed by atoms with van der Waals surface area (Å²) in [6, 6.07) is 8.12. The summed E-state index contributed by atoms with van der Waals surface area (Å²) in [5, 5.41) is 17.6. The molecular weight excluding hydrogens is 391 g/mol. The molecule has 9 nitrogen and oxygen atoms in total. The monoisotopic (exact) mass is 412 g/mol. The molecule has 4 heterocycles. The highest BCUT2D eigenvalue weighted by atomic mass is 19.1. The molecule has 0 aliphatic carbocycles. The van der Waals surface area contributed by atoms with E-state index in [-0.39, 0.29) is 12.2 Å². The zero-order valence-corrected chi connectivity index (χ0v) is 16.5. The first-order valence-electron chi connectivity index (χ1n) is 9.49. The van der Waals surface area contributed by atoms with E-state index in [0.29, 0.717) is 35.3 Å². The van der Waals surface area contributed by atoms with Crippen LogP contribution in [0.25, 0.3) is 22.8 Å². The maximum Gasteiger partial charge on any atom is 0.262 e. The predicted molar refractivity (Wildman–Crippen MR) is 106 cm³/mol. The van der Waals surface area contributed by atoms with Gasteiger partial charge in [-0.1, -0.05) is 11.2 Å². The number of hydrogen-bond donors (Lipinski definition) is 2. The van der Waals surface area contributed by atoms with Crippen LogP contribution >= 0.6 is 0 Å². The van der Waals surface area contributed by atoms with Crippen LogP contribution in [-0.4, -0.2) is 62.3 Å². The van der Waals surface area contributed by atoms with Crippen LogP contribution in [0.1, 0.15) is 19.1 Å². The summed E-state index contributed by atoms with van der Waals surface area (Å²) in [6.45, 7) is 1.59. The minimum absolute atomic E-state index is 0.0905. The van der Waals surface area contributed by atoms with Crippen LogP contribution in [0.3, 0.4) is 0 Å². The van der Waals surface area contributed by atoms with Crippen molar-refractivity contribution in [2.24, 2.45) is 0 Å². The molecule has 4 rings (SSSR count). The number of nitrogens with one attached hydrogen (secondary N) is 1. The Morgan fingerprint density at radius 1 is 1.27 bits per heavy atom. The fourth-order valence-corrected chi connectivity index (χ4v) is 3.22. The second-order valence-corrected chi connectivity index (χ2v) is 7.29. The summed E-state index contributed by atoms with van der Waals surface area (Å²) in [5.41, 5.74) is 0.287. The van der Waals surface area contributed by atoms with Gasteiger partial charge in [-0.25, -0.2) is 19.3 Å². The molecule has 0 spiro atoms. The minimum atomic E-state index is -1.71. The molecule has 1 saturated heterocycles.